The first kappa shape index (κ1) is 88.1. The van der Waals surface area contributed by atoms with Crippen molar-refractivity contribution in [2.45, 2.75) is 375 Å². The molecule has 90 heavy (non-hydrogen) atoms. The summed E-state index contributed by atoms with van der Waals surface area (Å²) in [6, 6.07) is 0. The van der Waals surface area contributed by atoms with Crippen molar-refractivity contribution in [3.8, 4) is 0 Å². The van der Waals surface area contributed by atoms with Crippen LogP contribution >= 0.6 is 15.6 Å². The highest BCUT2D eigenvalue weighted by atomic mass is 31.2. The first-order valence-corrected chi connectivity index (χ1v) is 39.8. The SMILES string of the molecule is CCCCCCCCCCCC(=O)OC[C@H](COP(=O)(O)OC[C@H](O)COP(=O)(O)OC[C@@H](COC(=O)CCCCCCCCCCCC(C)C)OC(=O)CCCCCCCCCCCCCCCCC(C)C)OC(=O)CCCCCCCCCCCC(C)C. The summed E-state index contributed by atoms with van der Waals surface area (Å²) < 4.78 is 68.3. The number of esters is 4. The van der Waals surface area contributed by atoms with Crippen LogP contribution in [-0.2, 0) is 65.4 Å². The topological polar surface area (TPSA) is 237 Å². The molecular formula is C71H138O17P2. The van der Waals surface area contributed by atoms with Crippen LogP contribution in [0.5, 0.6) is 0 Å². The number of phosphoric acid groups is 2. The third kappa shape index (κ3) is 64.8. The molecule has 2 unspecified atom stereocenters. The quantitative estimate of drug-likeness (QED) is 0.0222. The van der Waals surface area contributed by atoms with Gasteiger partial charge in [-0.25, -0.2) is 9.13 Å². The Morgan fingerprint density at radius 3 is 0.756 bits per heavy atom. The maximum atomic E-state index is 13.0. The minimum absolute atomic E-state index is 0.105. The number of carbonyl (C=O) groups is 4. The summed E-state index contributed by atoms with van der Waals surface area (Å²) in [6.07, 6.45) is 45.8. The van der Waals surface area contributed by atoms with Crippen LogP contribution in [-0.4, -0.2) is 96.7 Å². The molecule has 0 bridgehead atoms. The van der Waals surface area contributed by atoms with Gasteiger partial charge in [-0.05, 0) is 43.4 Å². The fraction of sp³-hybridized carbons (Fsp3) is 0.944. The third-order valence-electron chi connectivity index (χ3n) is 16.4. The van der Waals surface area contributed by atoms with Crippen molar-refractivity contribution in [1.29, 1.82) is 0 Å². The zero-order valence-electron chi connectivity index (χ0n) is 58.6. The Kier molecular flexibility index (Phi) is 60.6. The van der Waals surface area contributed by atoms with E-state index in [4.69, 9.17) is 37.0 Å². The lowest BCUT2D eigenvalue weighted by molar-refractivity contribution is -0.161. The zero-order valence-corrected chi connectivity index (χ0v) is 60.4. The summed E-state index contributed by atoms with van der Waals surface area (Å²) in [7, 11) is -9.90. The molecule has 0 aliphatic heterocycles. The standard InChI is InChI=1S/C71H138O17P2/c1-8-9-10-11-12-21-31-38-45-52-68(73)81-58-66(88-71(76)55-48-41-34-27-20-24-30-37-44-51-64(6)7)60-85-89(77,78)83-56-65(72)57-84-90(79,80)86-61-67(59-82-69(74)53-46-39-32-26-19-23-29-36-43-50-63(4)5)87-70(75)54-47-40-33-25-18-16-14-13-15-17-22-28-35-42-49-62(2)3/h62-67,72H,8-61H2,1-7H3,(H,77,78)(H,79,80)/t65-,66+,67+/m0/s1. The molecule has 0 aromatic heterocycles. The van der Waals surface area contributed by atoms with E-state index in [0.717, 1.165) is 108 Å². The summed E-state index contributed by atoms with van der Waals surface area (Å²) >= 11 is 0. The fourth-order valence-electron chi connectivity index (χ4n) is 10.7. The number of phosphoric ester groups is 2. The average Bonchev–Trinajstić information content (AvgIpc) is 3.47. The highest BCUT2D eigenvalue weighted by Crippen LogP contribution is 2.45. The summed E-state index contributed by atoms with van der Waals surface area (Å²) in [5, 5.41) is 10.6. The minimum atomic E-state index is -4.95. The predicted octanol–water partition coefficient (Wildman–Crippen LogP) is 20.2. The van der Waals surface area contributed by atoms with Gasteiger partial charge in [0.15, 0.2) is 12.2 Å². The van der Waals surface area contributed by atoms with E-state index in [1.54, 1.807) is 0 Å². The lowest BCUT2D eigenvalue weighted by atomic mass is 10.0. The Hall–Kier alpha value is -1.94. The van der Waals surface area contributed by atoms with E-state index in [1.807, 2.05) is 0 Å². The van der Waals surface area contributed by atoms with Crippen LogP contribution in [0.3, 0.4) is 0 Å². The molecule has 0 rings (SSSR count). The van der Waals surface area contributed by atoms with Crippen molar-refractivity contribution >= 4 is 39.5 Å². The molecule has 0 aliphatic carbocycles. The number of rotatable bonds is 69. The minimum Gasteiger partial charge on any atom is -0.462 e. The van der Waals surface area contributed by atoms with Crippen molar-refractivity contribution in [3.05, 3.63) is 0 Å². The number of unbranched alkanes of at least 4 members (excludes halogenated alkanes) is 37. The van der Waals surface area contributed by atoms with Crippen LogP contribution in [0.15, 0.2) is 0 Å². The van der Waals surface area contributed by atoms with Crippen molar-refractivity contribution in [3.63, 3.8) is 0 Å². The maximum Gasteiger partial charge on any atom is 0.472 e. The molecule has 0 spiro atoms. The molecule has 0 amide bonds. The zero-order chi connectivity index (χ0) is 66.6. The Balaban J connectivity index is 5.23. The van der Waals surface area contributed by atoms with Gasteiger partial charge in [-0.1, -0.05) is 305 Å². The highest BCUT2D eigenvalue weighted by molar-refractivity contribution is 7.47. The summed E-state index contributed by atoms with van der Waals surface area (Å²) in [5.41, 5.74) is 0. The summed E-state index contributed by atoms with van der Waals surface area (Å²) in [4.78, 5) is 72.5. The van der Waals surface area contributed by atoms with E-state index < -0.39 is 97.5 Å². The van der Waals surface area contributed by atoms with Crippen LogP contribution in [0.1, 0.15) is 357 Å². The lowest BCUT2D eigenvalue weighted by Gasteiger charge is -2.21. The first-order valence-electron chi connectivity index (χ1n) is 36.8. The normalized spacial score (nSPS) is 14.2. The molecule has 19 heteroatoms. The monoisotopic (exact) mass is 1320 g/mol. The molecule has 5 atom stereocenters. The van der Waals surface area contributed by atoms with Gasteiger partial charge in [0.1, 0.15) is 19.3 Å². The van der Waals surface area contributed by atoms with Gasteiger partial charge in [0.2, 0.25) is 0 Å². The molecule has 0 saturated heterocycles. The van der Waals surface area contributed by atoms with E-state index in [2.05, 4.69) is 48.5 Å². The average molecular weight is 1330 g/mol. The van der Waals surface area contributed by atoms with E-state index >= 15 is 0 Å². The number of carbonyl (C=O) groups excluding carboxylic acids is 4. The summed E-state index contributed by atoms with van der Waals surface area (Å²) in [5.74, 6) is 0.149. The molecule has 0 heterocycles. The molecule has 0 radical (unpaired) electrons. The third-order valence-corrected chi connectivity index (χ3v) is 18.3. The van der Waals surface area contributed by atoms with E-state index in [9.17, 15) is 43.2 Å². The maximum absolute atomic E-state index is 13.0. The van der Waals surface area contributed by atoms with E-state index in [-0.39, 0.29) is 25.7 Å². The van der Waals surface area contributed by atoms with Gasteiger partial charge in [-0.3, -0.25) is 37.3 Å². The number of hydrogen-bond acceptors (Lipinski definition) is 15. The van der Waals surface area contributed by atoms with Gasteiger partial charge >= 0.3 is 39.5 Å². The van der Waals surface area contributed by atoms with E-state index in [0.29, 0.717) is 25.7 Å². The van der Waals surface area contributed by atoms with Gasteiger partial charge < -0.3 is 33.8 Å². The molecule has 0 aromatic carbocycles. The second kappa shape index (κ2) is 61.9. The van der Waals surface area contributed by atoms with Crippen LogP contribution < -0.4 is 0 Å². The molecule has 0 aromatic rings. The van der Waals surface area contributed by atoms with Gasteiger partial charge in [0, 0.05) is 25.7 Å². The molecule has 0 saturated carbocycles. The Bertz CT molecular complexity index is 1770. The number of hydrogen-bond donors (Lipinski definition) is 3. The number of aliphatic hydroxyl groups is 1. The van der Waals surface area contributed by atoms with Crippen molar-refractivity contribution in [2.24, 2.45) is 17.8 Å². The van der Waals surface area contributed by atoms with Crippen molar-refractivity contribution in [1.82, 2.24) is 0 Å². The van der Waals surface area contributed by atoms with Crippen molar-refractivity contribution in [2.75, 3.05) is 39.6 Å². The Labute approximate surface area is 549 Å². The second-order valence-corrected chi connectivity index (χ2v) is 30.0. The van der Waals surface area contributed by atoms with Gasteiger partial charge in [-0.2, -0.15) is 0 Å². The Morgan fingerprint density at radius 2 is 0.511 bits per heavy atom. The fourth-order valence-corrected chi connectivity index (χ4v) is 12.3. The molecule has 534 valence electrons. The second-order valence-electron chi connectivity index (χ2n) is 27.1. The first-order chi connectivity index (χ1) is 43.2. The largest absolute Gasteiger partial charge is 0.472 e. The van der Waals surface area contributed by atoms with Crippen molar-refractivity contribution < 1.29 is 80.2 Å². The number of aliphatic hydroxyl groups excluding tert-OH is 1. The lowest BCUT2D eigenvalue weighted by Crippen LogP contribution is -2.30. The predicted molar refractivity (Wildman–Crippen MR) is 363 cm³/mol. The van der Waals surface area contributed by atoms with Crippen LogP contribution in [0.4, 0.5) is 0 Å². The Morgan fingerprint density at radius 1 is 0.300 bits per heavy atom. The molecule has 0 fully saturated rings. The van der Waals surface area contributed by atoms with Gasteiger partial charge in [-0.15, -0.1) is 0 Å². The number of ether oxygens (including phenoxy) is 4. The van der Waals surface area contributed by atoms with E-state index in [1.165, 1.54) is 167 Å². The van der Waals surface area contributed by atoms with Crippen LogP contribution in [0.25, 0.3) is 0 Å². The smallest absolute Gasteiger partial charge is 0.462 e. The molecular weight excluding hydrogens is 1190 g/mol. The molecule has 0 aliphatic rings. The highest BCUT2D eigenvalue weighted by Gasteiger charge is 2.30. The summed E-state index contributed by atoms with van der Waals surface area (Å²) in [6.45, 7) is 11.8. The molecule has 3 N–H and O–H groups in total. The van der Waals surface area contributed by atoms with Gasteiger partial charge in [0.05, 0.1) is 26.4 Å². The molecule has 17 nitrogen and oxygen atoms in total. The van der Waals surface area contributed by atoms with Crippen LogP contribution in [0, 0.1) is 17.8 Å². The van der Waals surface area contributed by atoms with Crippen LogP contribution in [0.2, 0.25) is 0 Å². The van der Waals surface area contributed by atoms with Gasteiger partial charge in [0.25, 0.3) is 0 Å².